The molecule has 0 unspecified atom stereocenters. The minimum absolute atomic E-state index is 0.218. The standard InChI is InChI=1S/C21H24N6OS/c1-14-7-9-26(10-8-14)21-25-27(20(29-21)24-13-28)19(22)15(2)11-16-12-23-18-6-4-3-5-17(16)18/h3-6,11,13-14,22H,7-10,12H2,1-2H3/b15-11-,22-19?,24-20+. The first-order valence-electron chi connectivity index (χ1n) is 9.79. The maximum atomic E-state index is 11.0. The maximum absolute atomic E-state index is 11.0. The Morgan fingerprint density at radius 1 is 1.31 bits per heavy atom. The average molecular weight is 409 g/mol. The van der Waals surface area contributed by atoms with Gasteiger partial charge in [0.1, 0.15) is 0 Å². The summed E-state index contributed by atoms with van der Waals surface area (Å²) in [6.07, 6.45) is 4.74. The van der Waals surface area contributed by atoms with Gasteiger partial charge in [-0.2, -0.15) is 9.67 Å². The number of nitrogens with one attached hydrogen (secondary N) is 1. The summed E-state index contributed by atoms with van der Waals surface area (Å²) >= 11 is 1.36. The molecule has 2 aliphatic heterocycles. The number of allylic oxidation sites excluding steroid dienone is 1. The lowest BCUT2D eigenvalue weighted by atomic mass is 10.00. The highest BCUT2D eigenvalue weighted by Crippen LogP contribution is 2.23. The highest BCUT2D eigenvalue weighted by molar-refractivity contribution is 7.13. The Morgan fingerprint density at radius 2 is 2.07 bits per heavy atom. The predicted molar refractivity (Wildman–Crippen MR) is 115 cm³/mol. The first-order valence-corrected chi connectivity index (χ1v) is 10.6. The third-order valence-corrected chi connectivity index (χ3v) is 6.40. The fourth-order valence-electron chi connectivity index (χ4n) is 3.63. The van der Waals surface area contributed by atoms with Gasteiger partial charge in [-0.3, -0.25) is 15.2 Å². The van der Waals surface area contributed by atoms with Gasteiger partial charge >= 0.3 is 0 Å². The summed E-state index contributed by atoms with van der Waals surface area (Å²) in [7, 11) is 0. The number of para-hydroxylation sites is 1. The molecule has 1 N–H and O–H groups in total. The Labute approximate surface area is 172 Å². The van der Waals surface area contributed by atoms with Gasteiger partial charge in [0.05, 0.1) is 11.9 Å². The molecule has 0 atom stereocenters. The smallest absolute Gasteiger partial charge is 0.235 e. The SMILES string of the molecule is C/C(=C/C1=c2ccccc2=NC1)C(=N)n1nc(N2CCC(C)CC2)s/c1=N/C=O. The molecule has 0 aliphatic carbocycles. The number of rotatable bonds is 4. The number of hydrogen-bond donors (Lipinski definition) is 1. The van der Waals surface area contributed by atoms with E-state index < -0.39 is 0 Å². The molecule has 29 heavy (non-hydrogen) atoms. The highest BCUT2D eigenvalue weighted by atomic mass is 32.1. The second-order valence-electron chi connectivity index (χ2n) is 7.52. The van der Waals surface area contributed by atoms with Crippen LogP contribution >= 0.6 is 11.3 Å². The number of carbonyl (C=O) groups excluding carboxylic acids is 1. The van der Waals surface area contributed by atoms with Crippen LogP contribution in [-0.2, 0) is 4.79 Å². The summed E-state index contributed by atoms with van der Waals surface area (Å²) < 4.78 is 1.47. The first-order chi connectivity index (χ1) is 14.1. The molecule has 8 heteroatoms. The normalized spacial score (nSPS) is 18.0. The first kappa shape index (κ1) is 19.4. The van der Waals surface area contributed by atoms with E-state index in [1.807, 2.05) is 37.3 Å². The number of piperidine rings is 1. The molecule has 2 aromatic rings. The Bertz CT molecular complexity index is 1160. The Balaban J connectivity index is 1.67. The molecule has 2 aliphatic rings. The van der Waals surface area contributed by atoms with Crippen molar-refractivity contribution in [3.05, 3.63) is 51.3 Å². The van der Waals surface area contributed by atoms with Crippen molar-refractivity contribution in [1.29, 1.82) is 5.41 Å². The van der Waals surface area contributed by atoms with Crippen LogP contribution in [0.5, 0.6) is 0 Å². The molecule has 0 spiro atoms. The van der Waals surface area contributed by atoms with Crippen molar-refractivity contribution in [2.75, 3.05) is 24.5 Å². The van der Waals surface area contributed by atoms with Crippen molar-refractivity contribution < 1.29 is 4.79 Å². The Morgan fingerprint density at radius 3 is 2.83 bits per heavy atom. The van der Waals surface area contributed by atoms with Gasteiger partial charge in [0.25, 0.3) is 0 Å². The van der Waals surface area contributed by atoms with E-state index in [2.05, 4.69) is 26.9 Å². The average Bonchev–Trinajstić information content (AvgIpc) is 3.33. The monoisotopic (exact) mass is 408 g/mol. The van der Waals surface area contributed by atoms with Crippen LogP contribution in [0.2, 0.25) is 0 Å². The van der Waals surface area contributed by atoms with Gasteiger partial charge in [0.15, 0.2) is 5.84 Å². The van der Waals surface area contributed by atoms with Gasteiger partial charge in [-0.05, 0) is 49.0 Å². The number of hydrogen-bond acceptors (Lipinski definition) is 6. The van der Waals surface area contributed by atoms with Gasteiger partial charge in [0.2, 0.25) is 16.3 Å². The van der Waals surface area contributed by atoms with Crippen molar-refractivity contribution >= 4 is 34.3 Å². The largest absolute Gasteiger partial charge is 0.347 e. The maximum Gasteiger partial charge on any atom is 0.235 e. The molecule has 0 radical (unpaired) electrons. The van der Waals surface area contributed by atoms with Crippen molar-refractivity contribution in [3.63, 3.8) is 0 Å². The summed E-state index contributed by atoms with van der Waals surface area (Å²) in [5, 5.41) is 16.2. The number of anilines is 1. The van der Waals surface area contributed by atoms with Gasteiger partial charge in [0, 0.05) is 18.3 Å². The van der Waals surface area contributed by atoms with Crippen LogP contribution in [0.25, 0.3) is 5.57 Å². The quantitative estimate of drug-likeness (QED) is 0.472. The third-order valence-electron chi connectivity index (χ3n) is 5.41. The van der Waals surface area contributed by atoms with Crippen molar-refractivity contribution in [2.45, 2.75) is 26.7 Å². The van der Waals surface area contributed by atoms with Gasteiger partial charge in [-0.25, -0.2) is 0 Å². The fourth-order valence-corrected chi connectivity index (χ4v) is 4.54. The molecule has 1 fully saturated rings. The summed E-state index contributed by atoms with van der Waals surface area (Å²) in [5.74, 6) is 0.938. The summed E-state index contributed by atoms with van der Waals surface area (Å²) in [6, 6.07) is 8.02. The van der Waals surface area contributed by atoms with Crippen molar-refractivity contribution in [1.82, 2.24) is 9.78 Å². The van der Waals surface area contributed by atoms with Crippen LogP contribution in [-0.4, -0.2) is 41.7 Å². The van der Waals surface area contributed by atoms with Crippen LogP contribution in [0.15, 0.2) is 45.9 Å². The lowest BCUT2D eigenvalue weighted by Gasteiger charge is -2.29. The molecule has 0 saturated carbocycles. The molecule has 150 valence electrons. The van der Waals surface area contributed by atoms with E-state index in [-0.39, 0.29) is 5.84 Å². The number of aromatic nitrogens is 2. The van der Waals surface area contributed by atoms with E-state index >= 15 is 0 Å². The van der Waals surface area contributed by atoms with Crippen LogP contribution in [0, 0.1) is 11.3 Å². The molecular weight excluding hydrogens is 384 g/mol. The van der Waals surface area contributed by atoms with Crippen LogP contribution < -0.4 is 20.3 Å². The zero-order valence-corrected chi connectivity index (χ0v) is 17.4. The fraction of sp³-hybridized carbons (Fsp3) is 0.381. The van der Waals surface area contributed by atoms with Gasteiger partial charge in [-0.15, -0.1) is 5.10 Å². The zero-order valence-electron chi connectivity index (χ0n) is 16.6. The number of carbonyl (C=O) groups is 1. The van der Waals surface area contributed by atoms with E-state index in [0.29, 0.717) is 17.8 Å². The highest BCUT2D eigenvalue weighted by Gasteiger charge is 2.21. The minimum Gasteiger partial charge on any atom is -0.347 e. The van der Waals surface area contributed by atoms with E-state index in [0.717, 1.165) is 58.7 Å². The van der Waals surface area contributed by atoms with E-state index in [1.165, 1.54) is 16.0 Å². The van der Waals surface area contributed by atoms with Crippen LogP contribution in [0.3, 0.4) is 0 Å². The van der Waals surface area contributed by atoms with E-state index in [1.54, 1.807) is 0 Å². The molecule has 3 heterocycles. The molecule has 1 aromatic heterocycles. The molecule has 1 amide bonds. The topological polar surface area (TPSA) is 86.7 Å². The van der Waals surface area contributed by atoms with Crippen LogP contribution in [0.1, 0.15) is 26.7 Å². The molecule has 7 nitrogen and oxygen atoms in total. The molecule has 0 bridgehead atoms. The summed E-state index contributed by atoms with van der Waals surface area (Å²) in [4.78, 5) is 22.2. The van der Waals surface area contributed by atoms with Crippen molar-refractivity contribution in [3.8, 4) is 0 Å². The number of amides is 1. The molecular formula is C21H24N6OS. The Hall–Kier alpha value is -2.87. The minimum atomic E-state index is 0.218. The molecule has 1 aromatic carbocycles. The summed E-state index contributed by atoms with van der Waals surface area (Å²) in [6.45, 7) is 6.63. The second-order valence-corrected chi connectivity index (χ2v) is 8.45. The zero-order chi connectivity index (χ0) is 20.4. The lowest BCUT2D eigenvalue weighted by Crippen LogP contribution is -2.33. The number of nitrogens with zero attached hydrogens (tertiary/aromatic N) is 5. The lowest BCUT2D eigenvalue weighted by molar-refractivity contribution is -0.107. The van der Waals surface area contributed by atoms with E-state index in [4.69, 9.17) is 5.41 Å². The third kappa shape index (κ3) is 3.98. The van der Waals surface area contributed by atoms with Gasteiger partial charge in [-0.1, -0.05) is 36.5 Å². The summed E-state index contributed by atoms with van der Waals surface area (Å²) in [5.41, 5.74) is 1.83. The number of fused-ring (bicyclic) bond motifs is 1. The van der Waals surface area contributed by atoms with Gasteiger partial charge < -0.3 is 4.90 Å². The predicted octanol–water partition coefficient (Wildman–Crippen LogP) is 1.49. The van der Waals surface area contributed by atoms with Crippen LogP contribution in [0.4, 0.5) is 5.13 Å². The van der Waals surface area contributed by atoms with E-state index in [9.17, 15) is 4.79 Å². The second kappa shape index (κ2) is 8.24. The Kier molecular flexibility index (Phi) is 5.53. The number of benzene rings is 1. The molecule has 1 saturated heterocycles. The van der Waals surface area contributed by atoms with Crippen molar-refractivity contribution in [2.24, 2.45) is 15.9 Å². The molecule has 4 rings (SSSR count).